The third kappa shape index (κ3) is 3.96. The summed E-state index contributed by atoms with van der Waals surface area (Å²) >= 11 is 0. The van der Waals surface area contributed by atoms with Crippen molar-refractivity contribution < 1.29 is 9.90 Å². The van der Waals surface area contributed by atoms with Crippen LogP contribution in [0.4, 0.5) is 10.5 Å². The molecule has 0 saturated heterocycles. The number of hydrogen-bond acceptors (Lipinski definition) is 2. The minimum atomic E-state index is -0.415. The van der Waals surface area contributed by atoms with Crippen LogP contribution in [-0.2, 0) is 6.42 Å². The predicted octanol–water partition coefficient (Wildman–Crippen LogP) is 2.67. The highest BCUT2D eigenvalue weighted by molar-refractivity contribution is 5.89. The Hall–Kier alpha value is -1.55. The van der Waals surface area contributed by atoms with Gasteiger partial charge in [0.05, 0.1) is 12.1 Å². The molecule has 0 radical (unpaired) electrons. The van der Waals surface area contributed by atoms with Gasteiger partial charge in [0, 0.05) is 5.69 Å². The Morgan fingerprint density at radius 1 is 1.26 bits per heavy atom. The van der Waals surface area contributed by atoms with Gasteiger partial charge in [0.2, 0.25) is 0 Å². The monoisotopic (exact) mass is 262 g/mol. The van der Waals surface area contributed by atoms with E-state index in [1.807, 2.05) is 24.3 Å². The van der Waals surface area contributed by atoms with Crippen LogP contribution < -0.4 is 10.6 Å². The average Bonchev–Trinajstić information content (AvgIpc) is 2.42. The summed E-state index contributed by atoms with van der Waals surface area (Å²) in [5.41, 5.74) is 2.02. The molecule has 1 fully saturated rings. The lowest BCUT2D eigenvalue weighted by molar-refractivity contribution is 0.0955. The number of benzene rings is 1. The number of rotatable bonds is 3. The van der Waals surface area contributed by atoms with Gasteiger partial charge in [-0.2, -0.15) is 0 Å². The second kappa shape index (κ2) is 6.57. The number of amides is 2. The number of aliphatic hydroxyl groups excluding tert-OH is 1. The fourth-order valence-corrected chi connectivity index (χ4v) is 2.44. The Morgan fingerprint density at radius 2 is 1.95 bits per heavy atom. The molecule has 0 aliphatic heterocycles. The molecule has 4 nitrogen and oxygen atoms in total. The van der Waals surface area contributed by atoms with Gasteiger partial charge in [-0.25, -0.2) is 4.79 Å². The highest BCUT2D eigenvalue weighted by Crippen LogP contribution is 2.18. The predicted molar refractivity (Wildman–Crippen MR) is 76.2 cm³/mol. The molecule has 1 aliphatic rings. The quantitative estimate of drug-likeness (QED) is 0.784. The van der Waals surface area contributed by atoms with Crippen molar-refractivity contribution in [2.24, 2.45) is 0 Å². The van der Waals surface area contributed by atoms with Crippen LogP contribution in [0.15, 0.2) is 24.3 Å². The highest BCUT2D eigenvalue weighted by Gasteiger charge is 2.24. The van der Waals surface area contributed by atoms with E-state index in [0.717, 1.165) is 37.8 Å². The zero-order valence-electron chi connectivity index (χ0n) is 11.4. The van der Waals surface area contributed by atoms with Crippen molar-refractivity contribution in [2.45, 2.75) is 51.2 Å². The Bertz CT molecular complexity index is 417. The molecule has 0 bridgehead atoms. The summed E-state index contributed by atoms with van der Waals surface area (Å²) in [7, 11) is 0. The SMILES string of the molecule is CCc1ccc(NC(=O)NC2CCCCC2O)cc1. The van der Waals surface area contributed by atoms with Crippen LogP contribution in [0, 0.1) is 0 Å². The van der Waals surface area contributed by atoms with Gasteiger partial charge in [0.15, 0.2) is 0 Å². The van der Waals surface area contributed by atoms with Crippen LogP contribution in [0.1, 0.15) is 38.2 Å². The van der Waals surface area contributed by atoms with Gasteiger partial charge < -0.3 is 15.7 Å². The van der Waals surface area contributed by atoms with Crippen LogP contribution >= 0.6 is 0 Å². The maximum absolute atomic E-state index is 11.8. The third-order valence-corrected chi connectivity index (χ3v) is 3.67. The van der Waals surface area contributed by atoms with Crippen LogP contribution in [-0.4, -0.2) is 23.3 Å². The van der Waals surface area contributed by atoms with Crippen molar-refractivity contribution in [3.63, 3.8) is 0 Å². The van der Waals surface area contributed by atoms with Gasteiger partial charge >= 0.3 is 6.03 Å². The Morgan fingerprint density at radius 3 is 2.58 bits per heavy atom. The van der Waals surface area contributed by atoms with Crippen molar-refractivity contribution in [3.8, 4) is 0 Å². The van der Waals surface area contributed by atoms with E-state index in [9.17, 15) is 9.90 Å². The zero-order valence-corrected chi connectivity index (χ0v) is 11.4. The summed E-state index contributed by atoms with van der Waals surface area (Å²) in [6.07, 6.45) is 4.30. The molecule has 1 aromatic rings. The van der Waals surface area contributed by atoms with E-state index in [1.165, 1.54) is 5.56 Å². The molecule has 104 valence electrons. The molecule has 0 aromatic heterocycles. The Kier molecular flexibility index (Phi) is 4.80. The van der Waals surface area contributed by atoms with E-state index in [4.69, 9.17) is 0 Å². The van der Waals surface area contributed by atoms with Gasteiger partial charge in [0.1, 0.15) is 0 Å². The summed E-state index contributed by atoms with van der Waals surface area (Å²) in [5, 5.41) is 15.5. The maximum Gasteiger partial charge on any atom is 0.319 e. The number of hydrogen-bond donors (Lipinski definition) is 3. The topological polar surface area (TPSA) is 61.4 Å². The molecule has 1 aromatic carbocycles. The minimum Gasteiger partial charge on any atom is -0.391 e. The molecular formula is C15H22N2O2. The zero-order chi connectivity index (χ0) is 13.7. The summed E-state index contributed by atoms with van der Waals surface area (Å²) in [5.74, 6) is 0. The van der Waals surface area contributed by atoms with Gasteiger partial charge in [-0.1, -0.05) is 31.9 Å². The summed E-state index contributed by atoms with van der Waals surface area (Å²) in [4.78, 5) is 11.8. The summed E-state index contributed by atoms with van der Waals surface area (Å²) in [6, 6.07) is 7.44. The lowest BCUT2D eigenvalue weighted by atomic mass is 9.93. The molecule has 0 spiro atoms. The van der Waals surface area contributed by atoms with E-state index in [2.05, 4.69) is 17.6 Å². The Balaban J connectivity index is 1.86. The number of nitrogens with one attached hydrogen (secondary N) is 2. The second-order valence-corrected chi connectivity index (χ2v) is 5.11. The molecule has 1 aliphatic carbocycles. The fraction of sp³-hybridized carbons (Fsp3) is 0.533. The van der Waals surface area contributed by atoms with E-state index in [1.54, 1.807) is 0 Å². The smallest absolute Gasteiger partial charge is 0.319 e. The van der Waals surface area contributed by atoms with Gasteiger partial charge in [-0.3, -0.25) is 0 Å². The maximum atomic E-state index is 11.8. The van der Waals surface area contributed by atoms with E-state index in [0.29, 0.717) is 0 Å². The Labute approximate surface area is 114 Å². The van der Waals surface area contributed by atoms with Gasteiger partial charge in [0.25, 0.3) is 0 Å². The number of urea groups is 1. The minimum absolute atomic E-state index is 0.122. The molecular weight excluding hydrogens is 240 g/mol. The number of carbonyl (C=O) groups excluding carboxylic acids is 1. The van der Waals surface area contributed by atoms with Crippen molar-refractivity contribution in [2.75, 3.05) is 5.32 Å². The molecule has 2 atom stereocenters. The molecule has 4 heteroatoms. The first-order valence-electron chi connectivity index (χ1n) is 7.03. The molecule has 3 N–H and O–H groups in total. The van der Waals surface area contributed by atoms with Crippen molar-refractivity contribution in [1.29, 1.82) is 0 Å². The van der Waals surface area contributed by atoms with Crippen molar-refractivity contribution >= 4 is 11.7 Å². The molecule has 2 unspecified atom stereocenters. The first-order valence-corrected chi connectivity index (χ1v) is 7.03. The number of anilines is 1. The largest absolute Gasteiger partial charge is 0.391 e. The first kappa shape index (κ1) is 13.9. The van der Waals surface area contributed by atoms with Crippen LogP contribution in [0.25, 0.3) is 0 Å². The van der Waals surface area contributed by atoms with Gasteiger partial charge in [-0.15, -0.1) is 0 Å². The van der Waals surface area contributed by atoms with Crippen LogP contribution in [0.2, 0.25) is 0 Å². The van der Waals surface area contributed by atoms with E-state index in [-0.39, 0.29) is 12.1 Å². The van der Waals surface area contributed by atoms with Gasteiger partial charge in [-0.05, 0) is 37.0 Å². The second-order valence-electron chi connectivity index (χ2n) is 5.11. The lowest BCUT2D eigenvalue weighted by Crippen LogP contribution is -2.46. The van der Waals surface area contributed by atoms with Crippen LogP contribution in [0.5, 0.6) is 0 Å². The number of aryl methyl sites for hydroxylation is 1. The van der Waals surface area contributed by atoms with E-state index < -0.39 is 6.10 Å². The molecule has 1 saturated carbocycles. The molecule has 19 heavy (non-hydrogen) atoms. The fourth-order valence-electron chi connectivity index (χ4n) is 2.44. The molecule has 2 amide bonds. The number of aliphatic hydroxyl groups is 1. The van der Waals surface area contributed by atoms with E-state index >= 15 is 0 Å². The van der Waals surface area contributed by atoms with Crippen molar-refractivity contribution in [1.82, 2.24) is 5.32 Å². The van der Waals surface area contributed by atoms with Crippen LogP contribution in [0.3, 0.4) is 0 Å². The summed E-state index contributed by atoms with van der Waals surface area (Å²) < 4.78 is 0. The third-order valence-electron chi connectivity index (χ3n) is 3.67. The summed E-state index contributed by atoms with van der Waals surface area (Å²) in [6.45, 7) is 2.10. The highest BCUT2D eigenvalue weighted by atomic mass is 16.3. The molecule has 0 heterocycles. The standard InChI is InChI=1S/C15H22N2O2/c1-2-11-7-9-12(10-8-11)16-15(19)17-13-5-3-4-6-14(13)18/h7-10,13-14,18H,2-6H2,1H3,(H2,16,17,19). The normalized spacial score (nSPS) is 22.8. The number of carbonyl (C=O) groups is 1. The average molecular weight is 262 g/mol. The molecule has 2 rings (SSSR count). The first-order chi connectivity index (χ1) is 9.19. The lowest BCUT2D eigenvalue weighted by Gasteiger charge is -2.28. The van der Waals surface area contributed by atoms with Crippen molar-refractivity contribution in [3.05, 3.63) is 29.8 Å².